The number of hydrogen-bond acceptors (Lipinski definition) is 3. The summed E-state index contributed by atoms with van der Waals surface area (Å²) in [5.41, 5.74) is 2.92. The topological polar surface area (TPSA) is 52.6 Å². The average Bonchev–Trinajstić information content (AvgIpc) is 2.92. The number of phenols is 1. The third kappa shape index (κ3) is 2.57. The normalized spacial score (nSPS) is 16.1. The molecule has 0 saturated carbocycles. The second-order valence-corrected chi connectivity index (χ2v) is 5.16. The Kier molecular flexibility index (Phi) is 3.52. The van der Waals surface area contributed by atoms with Crippen LogP contribution in [0.15, 0.2) is 48.5 Å². The van der Waals surface area contributed by atoms with Gasteiger partial charge in [0.25, 0.3) is 0 Å². The van der Waals surface area contributed by atoms with Gasteiger partial charge in [-0.3, -0.25) is 4.79 Å². The molecule has 4 nitrogen and oxygen atoms in total. The molecule has 0 spiro atoms. The van der Waals surface area contributed by atoms with Crippen LogP contribution in [0.4, 0.5) is 11.4 Å². The van der Waals surface area contributed by atoms with Crippen molar-refractivity contribution in [1.82, 2.24) is 0 Å². The number of likely N-dealkylation sites (N-methyl/N-ethyl adjacent to an activating group) is 1. The number of phenolic OH excluding ortho intramolecular Hbond substituents is 1. The average molecular weight is 282 g/mol. The number of fused-ring (bicyclic) bond motifs is 1. The van der Waals surface area contributed by atoms with Gasteiger partial charge in [0.05, 0.1) is 0 Å². The Morgan fingerprint density at radius 1 is 1.29 bits per heavy atom. The Bertz CT molecular complexity index is 644. The molecule has 108 valence electrons. The Morgan fingerprint density at radius 2 is 2.10 bits per heavy atom. The molecule has 0 radical (unpaired) electrons. The van der Waals surface area contributed by atoms with E-state index in [1.165, 1.54) is 5.56 Å². The summed E-state index contributed by atoms with van der Waals surface area (Å²) in [5, 5.41) is 12.9. The van der Waals surface area contributed by atoms with Gasteiger partial charge in [0, 0.05) is 30.4 Å². The number of carbonyl (C=O) groups excluding carboxylic acids is 1. The fourth-order valence-corrected chi connectivity index (χ4v) is 2.76. The van der Waals surface area contributed by atoms with E-state index >= 15 is 0 Å². The first-order valence-electron chi connectivity index (χ1n) is 7.14. The van der Waals surface area contributed by atoms with Crippen LogP contribution in [-0.2, 0) is 11.2 Å². The van der Waals surface area contributed by atoms with Gasteiger partial charge in [-0.2, -0.15) is 0 Å². The smallest absolute Gasteiger partial charge is 0.249 e. The number of nitrogens with one attached hydrogen (secondary N) is 1. The maximum absolute atomic E-state index is 12.7. The first-order valence-corrected chi connectivity index (χ1v) is 7.14. The summed E-state index contributed by atoms with van der Waals surface area (Å²) in [5.74, 6) is 0.195. The lowest BCUT2D eigenvalue weighted by molar-refractivity contribution is -0.119. The van der Waals surface area contributed by atoms with Crippen LogP contribution in [0.2, 0.25) is 0 Å². The van der Waals surface area contributed by atoms with Crippen molar-refractivity contribution >= 4 is 17.3 Å². The summed E-state index contributed by atoms with van der Waals surface area (Å²) >= 11 is 0. The molecule has 2 aromatic rings. The molecule has 1 heterocycles. The molecule has 2 aromatic carbocycles. The molecule has 1 unspecified atom stereocenters. The van der Waals surface area contributed by atoms with E-state index in [1.807, 2.05) is 37.3 Å². The number of aromatic hydroxyl groups is 1. The Labute approximate surface area is 124 Å². The molecule has 0 aromatic heterocycles. The number of amides is 1. The molecule has 0 saturated heterocycles. The first kappa shape index (κ1) is 13.5. The van der Waals surface area contributed by atoms with E-state index in [0.717, 1.165) is 11.4 Å². The maximum atomic E-state index is 12.7. The standard InChI is InChI=1S/C17H18N2O2/c1-2-19(13-7-5-8-14(20)11-13)17(21)16-10-12-6-3-4-9-15(12)18-16/h3-9,11,16,18,20H,2,10H2,1H3. The third-order valence-electron chi connectivity index (χ3n) is 3.79. The summed E-state index contributed by atoms with van der Waals surface area (Å²) in [6.45, 7) is 2.50. The highest BCUT2D eigenvalue weighted by Gasteiger charge is 2.30. The monoisotopic (exact) mass is 282 g/mol. The number of benzene rings is 2. The van der Waals surface area contributed by atoms with Gasteiger partial charge in [0.2, 0.25) is 5.91 Å². The van der Waals surface area contributed by atoms with E-state index in [4.69, 9.17) is 0 Å². The fraction of sp³-hybridized carbons (Fsp3) is 0.235. The highest BCUT2D eigenvalue weighted by Crippen LogP contribution is 2.28. The SMILES string of the molecule is CCN(C(=O)C1Cc2ccccc2N1)c1cccc(O)c1. The lowest BCUT2D eigenvalue weighted by atomic mass is 10.1. The van der Waals surface area contributed by atoms with Gasteiger partial charge in [0.1, 0.15) is 11.8 Å². The van der Waals surface area contributed by atoms with Crippen LogP contribution in [-0.4, -0.2) is 23.6 Å². The first-order chi connectivity index (χ1) is 10.2. The zero-order valence-corrected chi connectivity index (χ0v) is 11.9. The molecule has 1 atom stereocenters. The van der Waals surface area contributed by atoms with Crippen LogP contribution in [0, 0.1) is 0 Å². The van der Waals surface area contributed by atoms with Gasteiger partial charge >= 0.3 is 0 Å². The van der Waals surface area contributed by atoms with Gasteiger partial charge < -0.3 is 15.3 Å². The molecule has 21 heavy (non-hydrogen) atoms. The van der Waals surface area contributed by atoms with Crippen molar-refractivity contribution in [2.75, 3.05) is 16.8 Å². The fourth-order valence-electron chi connectivity index (χ4n) is 2.76. The molecular formula is C17H18N2O2. The lowest BCUT2D eigenvalue weighted by Crippen LogP contribution is -2.42. The van der Waals surface area contributed by atoms with Crippen molar-refractivity contribution in [1.29, 1.82) is 0 Å². The molecule has 0 fully saturated rings. The van der Waals surface area contributed by atoms with Crippen LogP contribution in [0.25, 0.3) is 0 Å². The Balaban J connectivity index is 1.81. The van der Waals surface area contributed by atoms with Crippen molar-refractivity contribution < 1.29 is 9.90 Å². The van der Waals surface area contributed by atoms with E-state index in [9.17, 15) is 9.90 Å². The number of anilines is 2. The lowest BCUT2D eigenvalue weighted by Gasteiger charge is -2.24. The number of nitrogens with zero attached hydrogens (tertiary/aromatic N) is 1. The molecule has 1 aliphatic heterocycles. The van der Waals surface area contributed by atoms with Gasteiger partial charge in [-0.25, -0.2) is 0 Å². The minimum atomic E-state index is -0.246. The van der Waals surface area contributed by atoms with Crippen molar-refractivity contribution in [3.63, 3.8) is 0 Å². The van der Waals surface area contributed by atoms with E-state index in [-0.39, 0.29) is 17.7 Å². The summed E-state index contributed by atoms with van der Waals surface area (Å²) in [7, 11) is 0. The highest BCUT2D eigenvalue weighted by molar-refractivity contribution is 6.00. The summed E-state index contributed by atoms with van der Waals surface area (Å²) < 4.78 is 0. The van der Waals surface area contributed by atoms with Crippen molar-refractivity contribution in [2.45, 2.75) is 19.4 Å². The number of carbonyl (C=O) groups is 1. The predicted octanol–water partition coefficient (Wildman–Crippen LogP) is 2.78. The van der Waals surface area contributed by atoms with E-state index < -0.39 is 0 Å². The van der Waals surface area contributed by atoms with Crippen LogP contribution in [0.5, 0.6) is 5.75 Å². The van der Waals surface area contributed by atoms with Crippen molar-refractivity contribution in [2.24, 2.45) is 0 Å². The molecule has 1 amide bonds. The summed E-state index contributed by atoms with van der Waals surface area (Å²) in [6, 6.07) is 14.5. The zero-order valence-electron chi connectivity index (χ0n) is 11.9. The predicted molar refractivity (Wildman–Crippen MR) is 83.7 cm³/mol. The third-order valence-corrected chi connectivity index (χ3v) is 3.79. The minimum Gasteiger partial charge on any atom is -0.508 e. The Hall–Kier alpha value is -2.49. The van der Waals surface area contributed by atoms with Crippen LogP contribution >= 0.6 is 0 Å². The van der Waals surface area contributed by atoms with E-state index in [1.54, 1.807) is 23.1 Å². The number of hydrogen-bond donors (Lipinski definition) is 2. The largest absolute Gasteiger partial charge is 0.508 e. The Morgan fingerprint density at radius 3 is 2.81 bits per heavy atom. The minimum absolute atomic E-state index is 0.0271. The van der Waals surface area contributed by atoms with Crippen molar-refractivity contribution in [3.8, 4) is 5.75 Å². The quantitative estimate of drug-likeness (QED) is 0.910. The van der Waals surface area contributed by atoms with Gasteiger partial charge in [0.15, 0.2) is 0 Å². The highest BCUT2D eigenvalue weighted by atomic mass is 16.3. The molecule has 0 bridgehead atoms. The van der Waals surface area contributed by atoms with Crippen molar-refractivity contribution in [3.05, 3.63) is 54.1 Å². The molecule has 0 aliphatic carbocycles. The molecule has 2 N–H and O–H groups in total. The molecule has 4 heteroatoms. The molecule has 3 rings (SSSR count). The second kappa shape index (κ2) is 5.48. The van der Waals surface area contributed by atoms with Crippen LogP contribution in [0.1, 0.15) is 12.5 Å². The van der Waals surface area contributed by atoms with Gasteiger partial charge in [-0.05, 0) is 30.7 Å². The van der Waals surface area contributed by atoms with Crippen LogP contribution < -0.4 is 10.2 Å². The molecule has 1 aliphatic rings. The van der Waals surface area contributed by atoms with Gasteiger partial charge in [-0.1, -0.05) is 24.3 Å². The second-order valence-electron chi connectivity index (χ2n) is 5.16. The van der Waals surface area contributed by atoms with E-state index in [0.29, 0.717) is 13.0 Å². The van der Waals surface area contributed by atoms with Crippen LogP contribution in [0.3, 0.4) is 0 Å². The number of rotatable bonds is 3. The van der Waals surface area contributed by atoms with Gasteiger partial charge in [-0.15, -0.1) is 0 Å². The zero-order chi connectivity index (χ0) is 14.8. The maximum Gasteiger partial charge on any atom is 0.249 e. The molecular weight excluding hydrogens is 264 g/mol. The summed E-state index contributed by atoms with van der Waals surface area (Å²) in [4.78, 5) is 14.4. The van der Waals surface area contributed by atoms with E-state index in [2.05, 4.69) is 5.32 Å². The number of para-hydroxylation sites is 1. The summed E-state index contributed by atoms with van der Waals surface area (Å²) in [6.07, 6.45) is 0.699.